The van der Waals surface area contributed by atoms with E-state index in [2.05, 4.69) is 17.0 Å². The molecule has 112 valence electrons. The van der Waals surface area contributed by atoms with Gasteiger partial charge in [-0.2, -0.15) is 0 Å². The van der Waals surface area contributed by atoms with Crippen LogP contribution < -0.4 is 10.1 Å². The Morgan fingerprint density at radius 3 is 2.35 bits per heavy atom. The number of benzene rings is 1. The van der Waals surface area contributed by atoms with Crippen LogP contribution in [0.25, 0.3) is 0 Å². The summed E-state index contributed by atoms with van der Waals surface area (Å²) in [4.78, 5) is 0. The lowest BCUT2D eigenvalue weighted by molar-refractivity contribution is -0.274. The van der Waals surface area contributed by atoms with Crippen LogP contribution in [0.4, 0.5) is 13.2 Å². The van der Waals surface area contributed by atoms with Gasteiger partial charge in [-0.05, 0) is 43.4 Å². The monoisotopic (exact) mass is 287 g/mol. The van der Waals surface area contributed by atoms with E-state index in [4.69, 9.17) is 0 Å². The van der Waals surface area contributed by atoms with Crippen molar-refractivity contribution in [1.29, 1.82) is 0 Å². The molecule has 1 N–H and O–H groups in total. The number of hydrogen-bond donors (Lipinski definition) is 1. The fourth-order valence-electron chi connectivity index (χ4n) is 2.71. The third kappa shape index (κ3) is 4.71. The molecular weight excluding hydrogens is 267 g/mol. The predicted molar refractivity (Wildman–Crippen MR) is 71.4 cm³/mol. The van der Waals surface area contributed by atoms with Crippen LogP contribution in [0, 0.1) is 5.92 Å². The first-order chi connectivity index (χ1) is 9.44. The molecule has 1 atom stereocenters. The smallest absolute Gasteiger partial charge is 0.406 e. The van der Waals surface area contributed by atoms with Crippen LogP contribution >= 0.6 is 0 Å². The van der Waals surface area contributed by atoms with E-state index in [9.17, 15) is 13.2 Å². The van der Waals surface area contributed by atoms with Crippen LogP contribution in [0.15, 0.2) is 24.3 Å². The van der Waals surface area contributed by atoms with Gasteiger partial charge in [0.05, 0.1) is 0 Å². The number of halogens is 3. The van der Waals surface area contributed by atoms with Gasteiger partial charge in [-0.25, -0.2) is 0 Å². The Morgan fingerprint density at radius 2 is 1.80 bits per heavy atom. The lowest BCUT2D eigenvalue weighted by atomic mass is 9.99. The second-order valence-corrected chi connectivity index (χ2v) is 5.41. The first kappa shape index (κ1) is 15.2. The summed E-state index contributed by atoms with van der Waals surface area (Å²) in [7, 11) is 0. The minimum absolute atomic E-state index is 0.176. The Morgan fingerprint density at radius 1 is 1.20 bits per heavy atom. The number of alkyl halides is 3. The van der Waals surface area contributed by atoms with Crippen molar-refractivity contribution in [3.63, 3.8) is 0 Å². The molecule has 0 bridgehead atoms. The summed E-state index contributed by atoms with van der Waals surface area (Å²) in [6, 6.07) is 6.48. The molecule has 0 amide bonds. The van der Waals surface area contributed by atoms with Crippen LogP contribution in [-0.2, 0) is 6.54 Å². The Balaban J connectivity index is 1.81. The minimum atomic E-state index is -4.63. The van der Waals surface area contributed by atoms with E-state index in [0.29, 0.717) is 12.6 Å². The van der Waals surface area contributed by atoms with Crippen molar-refractivity contribution in [2.24, 2.45) is 5.92 Å². The van der Waals surface area contributed by atoms with Gasteiger partial charge in [0, 0.05) is 12.6 Å². The van der Waals surface area contributed by atoms with Gasteiger partial charge >= 0.3 is 6.36 Å². The normalized spacial score (nSPS) is 18.2. The predicted octanol–water partition coefficient (Wildman–Crippen LogP) is 4.25. The van der Waals surface area contributed by atoms with Crippen LogP contribution in [0.1, 0.15) is 38.2 Å². The first-order valence-electron chi connectivity index (χ1n) is 7.02. The summed E-state index contributed by atoms with van der Waals surface area (Å²) in [5.41, 5.74) is 0.962. The molecule has 2 nitrogen and oxygen atoms in total. The molecule has 0 heterocycles. The highest BCUT2D eigenvalue weighted by molar-refractivity contribution is 5.27. The van der Waals surface area contributed by atoms with E-state index in [-0.39, 0.29) is 5.75 Å². The molecule has 0 unspecified atom stereocenters. The molecule has 20 heavy (non-hydrogen) atoms. The van der Waals surface area contributed by atoms with Crippen molar-refractivity contribution in [1.82, 2.24) is 5.32 Å². The number of rotatable bonds is 5. The van der Waals surface area contributed by atoms with Crippen LogP contribution in [0.2, 0.25) is 0 Å². The zero-order valence-electron chi connectivity index (χ0n) is 11.5. The van der Waals surface area contributed by atoms with Gasteiger partial charge in [0.2, 0.25) is 0 Å². The maximum absolute atomic E-state index is 12.0. The van der Waals surface area contributed by atoms with Gasteiger partial charge in [0.25, 0.3) is 0 Å². The number of hydrogen-bond acceptors (Lipinski definition) is 2. The number of nitrogens with one attached hydrogen (secondary N) is 1. The van der Waals surface area contributed by atoms with Crippen LogP contribution in [0.5, 0.6) is 5.75 Å². The zero-order chi connectivity index (χ0) is 14.6. The first-order valence-corrected chi connectivity index (χ1v) is 7.02. The maximum Gasteiger partial charge on any atom is 0.573 e. The number of ether oxygens (including phenoxy) is 1. The van der Waals surface area contributed by atoms with Crippen molar-refractivity contribution >= 4 is 0 Å². The van der Waals surface area contributed by atoms with Crippen molar-refractivity contribution in [2.75, 3.05) is 0 Å². The average molecular weight is 287 g/mol. The van der Waals surface area contributed by atoms with E-state index >= 15 is 0 Å². The summed E-state index contributed by atoms with van der Waals surface area (Å²) >= 11 is 0. The maximum atomic E-state index is 12.0. The fourth-order valence-corrected chi connectivity index (χ4v) is 2.71. The molecule has 5 heteroatoms. The SMILES string of the molecule is C[C@H](NCc1ccc(OC(F)(F)F)cc1)C1CCCC1. The quantitative estimate of drug-likeness (QED) is 0.874. The minimum Gasteiger partial charge on any atom is -0.406 e. The van der Waals surface area contributed by atoms with E-state index in [1.165, 1.54) is 37.8 Å². The van der Waals surface area contributed by atoms with E-state index < -0.39 is 6.36 Å². The van der Waals surface area contributed by atoms with Gasteiger partial charge in [0.15, 0.2) is 0 Å². The summed E-state index contributed by atoms with van der Waals surface area (Å²) in [6.07, 6.45) is 0.524. The third-order valence-electron chi connectivity index (χ3n) is 3.89. The average Bonchev–Trinajstić information content (AvgIpc) is 2.89. The Bertz CT molecular complexity index is 410. The lowest BCUT2D eigenvalue weighted by Crippen LogP contribution is -2.31. The molecule has 0 saturated heterocycles. The topological polar surface area (TPSA) is 21.3 Å². The highest BCUT2D eigenvalue weighted by Gasteiger charge is 2.30. The van der Waals surface area contributed by atoms with Crippen molar-refractivity contribution in [2.45, 2.75) is 51.6 Å². The lowest BCUT2D eigenvalue weighted by Gasteiger charge is -2.20. The molecule has 1 aromatic carbocycles. The molecule has 0 radical (unpaired) electrons. The van der Waals surface area contributed by atoms with Crippen molar-refractivity contribution in [3.05, 3.63) is 29.8 Å². The molecular formula is C15H20F3NO. The Labute approximate surface area is 117 Å². The molecule has 0 aromatic heterocycles. The molecule has 1 fully saturated rings. The van der Waals surface area contributed by atoms with Gasteiger partial charge in [-0.3, -0.25) is 0 Å². The summed E-state index contributed by atoms with van der Waals surface area (Å²) in [6.45, 7) is 2.85. The van der Waals surface area contributed by atoms with Gasteiger partial charge in [-0.15, -0.1) is 13.2 Å². The molecule has 1 aliphatic carbocycles. The highest BCUT2D eigenvalue weighted by Crippen LogP contribution is 2.28. The van der Waals surface area contributed by atoms with Crippen LogP contribution in [-0.4, -0.2) is 12.4 Å². The fraction of sp³-hybridized carbons (Fsp3) is 0.600. The van der Waals surface area contributed by atoms with Gasteiger partial charge < -0.3 is 10.1 Å². The summed E-state index contributed by atoms with van der Waals surface area (Å²) < 4.78 is 39.9. The summed E-state index contributed by atoms with van der Waals surface area (Å²) in [5, 5.41) is 3.45. The largest absolute Gasteiger partial charge is 0.573 e. The molecule has 0 aliphatic heterocycles. The highest BCUT2D eigenvalue weighted by atomic mass is 19.4. The Kier molecular flexibility index (Phi) is 4.91. The zero-order valence-corrected chi connectivity index (χ0v) is 11.5. The molecule has 0 spiro atoms. The molecule has 2 rings (SSSR count). The van der Waals surface area contributed by atoms with Crippen LogP contribution in [0.3, 0.4) is 0 Å². The molecule has 1 aliphatic rings. The Hall–Kier alpha value is -1.23. The standard InChI is InChI=1S/C15H20F3NO/c1-11(13-4-2-3-5-13)19-10-12-6-8-14(9-7-12)20-15(16,17)18/h6-9,11,13,19H,2-5,10H2,1H3/t11-/m0/s1. The van der Waals surface area contributed by atoms with Gasteiger partial charge in [0.1, 0.15) is 5.75 Å². The van der Waals surface area contributed by atoms with Gasteiger partial charge in [-0.1, -0.05) is 25.0 Å². The molecule has 1 aromatic rings. The van der Waals surface area contributed by atoms with Crippen molar-refractivity contribution in [3.8, 4) is 5.75 Å². The van der Waals surface area contributed by atoms with E-state index in [1.54, 1.807) is 12.1 Å². The van der Waals surface area contributed by atoms with E-state index in [1.807, 2.05) is 0 Å². The van der Waals surface area contributed by atoms with E-state index in [0.717, 1.165) is 11.5 Å². The van der Waals surface area contributed by atoms with Crippen molar-refractivity contribution < 1.29 is 17.9 Å². The molecule has 1 saturated carbocycles. The second-order valence-electron chi connectivity index (χ2n) is 5.41. The third-order valence-corrected chi connectivity index (χ3v) is 3.89. The summed E-state index contributed by atoms with van der Waals surface area (Å²) in [5.74, 6) is 0.549. The second kappa shape index (κ2) is 6.48.